The third-order valence-electron chi connectivity index (χ3n) is 4.17. The number of nitrogens with one attached hydrogen (secondary N) is 1. The Bertz CT molecular complexity index is 953. The van der Waals surface area contributed by atoms with Gasteiger partial charge >= 0.3 is 0 Å². The van der Waals surface area contributed by atoms with Crippen LogP contribution in [0.1, 0.15) is 10.5 Å². The maximum Gasteiger partial charge on any atom is 0.273 e. The van der Waals surface area contributed by atoms with Crippen LogP contribution >= 0.6 is 0 Å². The van der Waals surface area contributed by atoms with Crippen LogP contribution in [-0.4, -0.2) is 37.4 Å². The predicted octanol–water partition coefficient (Wildman–Crippen LogP) is 2.92. The molecule has 0 aliphatic carbocycles. The number of benzene rings is 2. The molecule has 1 atom stereocenters. The van der Waals surface area contributed by atoms with Gasteiger partial charge in [-0.25, -0.2) is 0 Å². The lowest BCUT2D eigenvalue weighted by Gasteiger charge is -2.26. The zero-order valence-corrected chi connectivity index (χ0v) is 14.7. The van der Waals surface area contributed by atoms with Gasteiger partial charge in [-0.05, 0) is 24.3 Å². The molecular formula is C20H18N2O5. The number of ether oxygens (including phenoxy) is 3. The molecule has 3 aromatic rings. The van der Waals surface area contributed by atoms with E-state index in [0.717, 1.165) is 5.56 Å². The fourth-order valence-corrected chi connectivity index (χ4v) is 2.82. The zero-order chi connectivity index (χ0) is 18.6. The number of amides is 1. The van der Waals surface area contributed by atoms with Gasteiger partial charge in [-0.1, -0.05) is 29.4 Å². The van der Waals surface area contributed by atoms with Crippen molar-refractivity contribution in [3.05, 3.63) is 60.3 Å². The summed E-state index contributed by atoms with van der Waals surface area (Å²) in [6.45, 7) is 0.659. The summed E-state index contributed by atoms with van der Waals surface area (Å²) in [4.78, 5) is 12.4. The largest absolute Gasteiger partial charge is 0.496 e. The van der Waals surface area contributed by atoms with E-state index in [2.05, 4.69) is 10.5 Å². The number of carbonyl (C=O) groups is 1. The third-order valence-corrected chi connectivity index (χ3v) is 4.17. The lowest BCUT2D eigenvalue weighted by Crippen LogP contribution is -2.40. The molecule has 0 saturated carbocycles. The van der Waals surface area contributed by atoms with Crippen molar-refractivity contribution in [1.82, 2.24) is 10.5 Å². The molecule has 0 spiro atoms. The van der Waals surface area contributed by atoms with Crippen LogP contribution in [0, 0.1) is 0 Å². The number of nitrogens with zero attached hydrogens (tertiary/aromatic N) is 1. The first-order chi connectivity index (χ1) is 13.2. The number of rotatable bonds is 5. The lowest BCUT2D eigenvalue weighted by molar-refractivity contribution is 0.0784. The monoisotopic (exact) mass is 366 g/mol. The second kappa shape index (κ2) is 7.41. The molecule has 7 heteroatoms. The number of carbonyl (C=O) groups excluding carboxylic acids is 1. The fourth-order valence-electron chi connectivity index (χ4n) is 2.82. The van der Waals surface area contributed by atoms with Crippen molar-refractivity contribution >= 4 is 5.91 Å². The molecule has 1 amide bonds. The third kappa shape index (κ3) is 3.57. The van der Waals surface area contributed by atoms with Gasteiger partial charge in [0.2, 0.25) is 0 Å². The maximum absolute atomic E-state index is 12.4. The molecule has 0 fully saturated rings. The minimum atomic E-state index is -0.345. The Balaban J connectivity index is 1.39. The number of methoxy groups -OCH3 is 1. The Morgan fingerprint density at radius 1 is 1.19 bits per heavy atom. The average molecular weight is 366 g/mol. The van der Waals surface area contributed by atoms with Gasteiger partial charge in [0.25, 0.3) is 5.91 Å². The van der Waals surface area contributed by atoms with Crippen molar-refractivity contribution in [3.8, 4) is 28.6 Å². The van der Waals surface area contributed by atoms with Crippen molar-refractivity contribution in [3.63, 3.8) is 0 Å². The molecule has 0 unspecified atom stereocenters. The van der Waals surface area contributed by atoms with Crippen molar-refractivity contribution in [2.24, 2.45) is 0 Å². The Morgan fingerprint density at radius 3 is 2.81 bits per heavy atom. The Kier molecular flexibility index (Phi) is 4.65. The van der Waals surface area contributed by atoms with Gasteiger partial charge in [-0.3, -0.25) is 4.79 Å². The molecule has 1 N–H and O–H groups in total. The molecule has 1 aromatic heterocycles. The molecule has 4 rings (SSSR count). The van der Waals surface area contributed by atoms with Crippen LogP contribution < -0.4 is 19.5 Å². The van der Waals surface area contributed by atoms with Gasteiger partial charge in [0, 0.05) is 6.07 Å². The van der Waals surface area contributed by atoms with E-state index < -0.39 is 0 Å². The smallest absolute Gasteiger partial charge is 0.273 e. The van der Waals surface area contributed by atoms with Gasteiger partial charge in [-0.2, -0.15) is 0 Å². The van der Waals surface area contributed by atoms with E-state index in [1.165, 1.54) is 0 Å². The van der Waals surface area contributed by atoms with Crippen molar-refractivity contribution in [2.75, 3.05) is 20.3 Å². The van der Waals surface area contributed by atoms with Crippen LogP contribution in [0.5, 0.6) is 17.2 Å². The quantitative estimate of drug-likeness (QED) is 0.748. The van der Waals surface area contributed by atoms with E-state index >= 15 is 0 Å². The van der Waals surface area contributed by atoms with Gasteiger partial charge < -0.3 is 24.1 Å². The molecule has 0 radical (unpaired) electrons. The molecule has 7 nitrogen and oxygen atoms in total. The fraction of sp³-hybridized carbons (Fsp3) is 0.200. The van der Waals surface area contributed by atoms with Crippen LogP contribution in [-0.2, 0) is 0 Å². The van der Waals surface area contributed by atoms with E-state index in [4.69, 9.17) is 18.7 Å². The number of fused-ring (bicyclic) bond motifs is 1. The van der Waals surface area contributed by atoms with E-state index in [0.29, 0.717) is 36.2 Å². The molecule has 0 bridgehead atoms. The molecule has 2 heterocycles. The molecule has 1 aliphatic heterocycles. The lowest BCUT2D eigenvalue weighted by atomic mass is 10.1. The summed E-state index contributed by atoms with van der Waals surface area (Å²) in [5.41, 5.74) is 0.917. The summed E-state index contributed by atoms with van der Waals surface area (Å²) in [5.74, 6) is 2.14. The highest BCUT2D eigenvalue weighted by molar-refractivity contribution is 5.93. The Labute approximate surface area is 155 Å². The summed E-state index contributed by atoms with van der Waals surface area (Å²) >= 11 is 0. The normalized spacial score (nSPS) is 15.2. The minimum absolute atomic E-state index is 0.188. The topological polar surface area (TPSA) is 82.8 Å². The van der Waals surface area contributed by atoms with Crippen molar-refractivity contribution < 1.29 is 23.5 Å². The highest BCUT2D eigenvalue weighted by Crippen LogP contribution is 2.31. The van der Waals surface area contributed by atoms with Crippen molar-refractivity contribution in [2.45, 2.75) is 6.10 Å². The van der Waals surface area contributed by atoms with Gasteiger partial charge in [-0.15, -0.1) is 0 Å². The summed E-state index contributed by atoms with van der Waals surface area (Å²) in [6.07, 6.45) is -0.274. The predicted molar refractivity (Wildman–Crippen MR) is 97.2 cm³/mol. The number of hydrogen-bond donors (Lipinski definition) is 1. The summed E-state index contributed by atoms with van der Waals surface area (Å²) in [7, 11) is 1.58. The summed E-state index contributed by atoms with van der Waals surface area (Å²) < 4.78 is 22.1. The van der Waals surface area contributed by atoms with Crippen LogP contribution in [0.3, 0.4) is 0 Å². The van der Waals surface area contributed by atoms with Crippen LogP contribution in [0.2, 0.25) is 0 Å². The highest BCUT2D eigenvalue weighted by Gasteiger charge is 2.22. The molecule has 0 saturated heterocycles. The van der Waals surface area contributed by atoms with Crippen LogP contribution in [0.25, 0.3) is 11.3 Å². The van der Waals surface area contributed by atoms with Gasteiger partial charge in [0.15, 0.2) is 23.0 Å². The van der Waals surface area contributed by atoms with E-state index in [1.807, 2.05) is 48.5 Å². The van der Waals surface area contributed by atoms with E-state index in [-0.39, 0.29) is 17.7 Å². The Morgan fingerprint density at radius 2 is 1.96 bits per heavy atom. The summed E-state index contributed by atoms with van der Waals surface area (Å²) in [5, 5.41) is 6.65. The molecular weight excluding hydrogens is 348 g/mol. The molecule has 2 aromatic carbocycles. The maximum atomic E-state index is 12.4. The molecule has 27 heavy (non-hydrogen) atoms. The molecule has 1 aliphatic rings. The summed E-state index contributed by atoms with van der Waals surface area (Å²) in [6, 6.07) is 16.4. The Hall–Kier alpha value is -3.48. The number of para-hydroxylation sites is 3. The van der Waals surface area contributed by atoms with Crippen molar-refractivity contribution in [1.29, 1.82) is 0 Å². The zero-order valence-electron chi connectivity index (χ0n) is 14.7. The van der Waals surface area contributed by atoms with E-state index in [9.17, 15) is 4.79 Å². The standard InChI is InChI=1S/C20H18N2O5/c1-24-16-7-3-2-6-14(16)19-10-15(22-27-19)20(23)21-11-13-12-25-17-8-4-5-9-18(17)26-13/h2-10,13H,11-12H2,1H3,(H,21,23)/t13-/m0/s1. The second-order valence-corrected chi connectivity index (χ2v) is 5.98. The molecule has 138 valence electrons. The first-order valence-electron chi connectivity index (χ1n) is 8.51. The van der Waals surface area contributed by atoms with Gasteiger partial charge in [0.05, 0.1) is 19.2 Å². The average Bonchev–Trinajstić information content (AvgIpc) is 3.22. The first-order valence-corrected chi connectivity index (χ1v) is 8.51. The minimum Gasteiger partial charge on any atom is -0.496 e. The second-order valence-electron chi connectivity index (χ2n) is 5.98. The van der Waals surface area contributed by atoms with E-state index in [1.54, 1.807) is 13.2 Å². The number of hydrogen-bond acceptors (Lipinski definition) is 6. The SMILES string of the molecule is COc1ccccc1-c1cc(C(=O)NC[C@H]2COc3ccccc3O2)no1. The van der Waals surface area contributed by atoms with Gasteiger partial charge in [0.1, 0.15) is 18.5 Å². The van der Waals surface area contributed by atoms with Crippen LogP contribution in [0.15, 0.2) is 59.1 Å². The first kappa shape index (κ1) is 17.0. The number of aromatic nitrogens is 1. The van der Waals surface area contributed by atoms with Crippen LogP contribution in [0.4, 0.5) is 0 Å². The highest BCUT2D eigenvalue weighted by atomic mass is 16.6.